The number of aryl methyl sites for hydroxylation is 2. The summed E-state index contributed by atoms with van der Waals surface area (Å²) in [6, 6.07) is 18.8. The van der Waals surface area contributed by atoms with Gasteiger partial charge in [-0.15, -0.1) is 0 Å². The van der Waals surface area contributed by atoms with Gasteiger partial charge in [-0.25, -0.2) is 4.98 Å². The molecule has 2 heterocycles. The van der Waals surface area contributed by atoms with E-state index < -0.39 is 0 Å². The molecular formula is C22H20N4O2. The molecule has 0 aliphatic carbocycles. The molecule has 0 fully saturated rings. The highest BCUT2D eigenvalue weighted by atomic mass is 16.6. The molecule has 1 N–H and O–H groups in total. The largest absolute Gasteiger partial charge is 0.341 e. The molecule has 0 aliphatic heterocycles. The Kier molecular flexibility index (Phi) is 4.31. The normalized spacial score (nSPS) is 11.0. The molecule has 4 rings (SSSR count). The zero-order chi connectivity index (χ0) is 19.8. The van der Waals surface area contributed by atoms with Crippen molar-refractivity contribution >= 4 is 5.69 Å². The van der Waals surface area contributed by atoms with Crippen molar-refractivity contribution in [2.75, 3.05) is 0 Å². The fraction of sp³-hybridized carbons (Fsp3) is 0.136. The SMILES string of the molecule is Cc1[nH]c(-c2cc(C)n(-c3cccc([N+](=O)[O-])c3)c2C)nc1-c1ccccc1. The molecule has 0 atom stereocenters. The zero-order valence-corrected chi connectivity index (χ0v) is 15.9. The molecule has 0 amide bonds. The number of nitrogens with one attached hydrogen (secondary N) is 1. The monoisotopic (exact) mass is 372 g/mol. The minimum atomic E-state index is -0.374. The lowest BCUT2D eigenvalue weighted by molar-refractivity contribution is -0.384. The zero-order valence-electron chi connectivity index (χ0n) is 15.9. The average molecular weight is 372 g/mol. The van der Waals surface area contributed by atoms with E-state index >= 15 is 0 Å². The lowest BCUT2D eigenvalue weighted by Crippen LogP contribution is -2.00. The summed E-state index contributed by atoms with van der Waals surface area (Å²) in [4.78, 5) is 19.0. The molecule has 28 heavy (non-hydrogen) atoms. The standard InChI is InChI=1S/C22H20N4O2/c1-14-12-20(16(3)25(14)18-10-7-11-19(13-18)26(27)28)22-23-15(2)21(24-22)17-8-5-4-6-9-17/h4-13H,1-3H3,(H,23,24). The van der Waals surface area contributed by atoms with Crippen LogP contribution in [0.5, 0.6) is 0 Å². The topological polar surface area (TPSA) is 76.8 Å². The number of benzene rings is 2. The van der Waals surface area contributed by atoms with Gasteiger partial charge in [-0.2, -0.15) is 0 Å². The summed E-state index contributed by atoms with van der Waals surface area (Å²) in [7, 11) is 0. The molecule has 6 heteroatoms. The summed E-state index contributed by atoms with van der Waals surface area (Å²) in [5, 5.41) is 11.1. The van der Waals surface area contributed by atoms with Gasteiger partial charge in [0.15, 0.2) is 0 Å². The highest BCUT2D eigenvalue weighted by molar-refractivity contribution is 5.69. The van der Waals surface area contributed by atoms with Crippen LogP contribution in [0.3, 0.4) is 0 Å². The Morgan fingerprint density at radius 3 is 2.46 bits per heavy atom. The van der Waals surface area contributed by atoms with Crippen LogP contribution in [0, 0.1) is 30.9 Å². The summed E-state index contributed by atoms with van der Waals surface area (Å²) < 4.78 is 2.02. The van der Waals surface area contributed by atoms with Gasteiger partial charge in [0.25, 0.3) is 5.69 Å². The Labute approximate surface area is 162 Å². The van der Waals surface area contributed by atoms with Gasteiger partial charge in [-0.1, -0.05) is 36.4 Å². The van der Waals surface area contributed by atoms with Crippen molar-refractivity contribution < 1.29 is 4.92 Å². The Balaban J connectivity index is 1.81. The third kappa shape index (κ3) is 2.99. The van der Waals surface area contributed by atoms with E-state index in [-0.39, 0.29) is 10.6 Å². The number of hydrogen-bond donors (Lipinski definition) is 1. The molecule has 0 unspecified atom stereocenters. The van der Waals surface area contributed by atoms with Crippen molar-refractivity contribution in [3.05, 3.63) is 87.9 Å². The van der Waals surface area contributed by atoms with Crippen LogP contribution >= 0.6 is 0 Å². The van der Waals surface area contributed by atoms with Gasteiger partial charge in [0, 0.05) is 40.3 Å². The summed E-state index contributed by atoms with van der Waals surface area (Å²) in [5.74, 6) is 0.793. The van der Waals surface area contributed by atoms with Crippen LogP contribution in [0.25, 0.3) is 28.3 Å². The fourth-order valence-corrected chi connectivity index (χ4v) is 3.61. The van der Waals surface area contributed by atoms with Gasteiger partial charge < -0.3 is 9.55 Å². The molecule has 0 aliphatic rings. The van der Waals surface area contributed by atoms with E-state index in [0.717, 1.165) is 45.4 Å². The number of H-pyrrole nitrogens is 1. The highest BCUT2D eigenvalue weighted by Gasteiger charge is 2.18. The van der Waals surface area contributed by atoms with Gasteiger partial charge in [0.05, 0.1) is 16.3 Å². The molecular weight excluding hydrogens is 352 g/mol. The molecule has 140 valence electrons. The second-order valence-corrected chi connectivity index (χ2v) is 6.82. The maximum absolute atomic E-state index is 11.1. The van der Waals surface area contributed by atoms with Crippen molar-refractivity contribution in [3.8, 4) is 28.3 Å². The van der Waals surface area contributed by atoms with Crippen molar-refractivity contribution in [3.63, 3.8) is 0 Å². The van der Waals surface area contributed by atoms with Crippen LogP contribution in [0.1, 0.15) is 17.1 Å². The van der Waals surface area contributed by atoms with Gasteiger partial charge in [0.2, 0.25) is 0 Å². The molecule has 4 aromatic rings. The maximum Gasteiger partial charge on any atom is 0.271 e. The van der Waals surface area contributed by atoms with Crippen LogP contribution in [0.2, 0.25) is 0 Å². The number of imidazole rings is 1. The second-order valence-electron chi connectivity index (χ2n) is 6.82. The Bertz CT molecular complexity index is 1170. The Morgan fingerprint density at radius 2 is 1.75 bits per heavy atom. The van der Waals surface area contributed by atoms with Gasteiger partial charge >= 0.3 is 0 Å². The summed E-state index contributed by atoms with van der Waals surface area (Å²) in [6.07, 6.45) is 0. The molecule has 0 saturated heterocycles. The maximum atomic E-state index is 11.1. The smallest absolute Gasteiger partial charge is 0.271 e. The summed E-state index contributed by atoms with van der Waals surface area (Å²) in [6.45, 7) is 6.00. The molecule has 0 bridgehead atoms. The lowest BCUT2D eigenvalue weighted by atomic mass is 10.1. The van der Waals surface area contributed by atoms with Crippen LogP contribution in [-0.4, -0.2) is 19.5 Å². The van der Waals surface area contributed by atoms with Gasteiger partial charge in [0.1, 0.15) is 5.82 Å². The van der Waals surface area contributed by atoms with Crippen molar-refractivity contribution in [1.82, 2.24) is 14.5 Å². The van der Waals surface area contributed by atoms with Crippen molar-refractivity contribution in [2.24, 2.45) is 0 Å². The first kappa shape index (κ1) is 17.7. The van der Waals surface area contributed by atoms with Crippen molar-refractivity contribution in [2.45, 2.75) is 20.8 Å². The third-order valence-corrected chi connectivity index (χ3v) is 4.92. The first-order valence-electron chi connectivity index (χ1n) is 9.02. The molecule has 2 aromatic carbocycles. The van der Waals surface area contributed by atoms with E-state index in [4.69, 9.17) is 4.98 Å². The number of nitro benzene ring substituents is 1. The fourth-order valence-electron chi connectivity index (χ4n) is 3.61. The number of nitro groups is 1. The second kappa shape index (κ2) is 6.81. The predicted octanol–water partition coefficient (Wildman–Crippen LogP) is 5.37. The molecule has 6 nitrogen and oxygen atoms in total. The minimum absolute atomic E-state index is 0.0757. The minimum Gasteiger partial charge on any atom is -0.341 e. The van der Waals surface area contributed by atoms with E-state index in [1.165, 1.54) is 6.07 Å². The number of nitrogens with zero attached hydrogens (tertiary/aromatic N) is 3. The van der Waals surface area contributed by atoms with Crippen LogP contribution in [0.15, 0.2) is 60.7 Å². The number of hydrogen-bond acceptors (Lipinski definition) is 3. The van der Waals surface area contributed by atoms with E-state index in [1.807, 2.05) is 61.7 Å². The predicted molar refractivity (Wildman–Crippen MR) is 110 cm³/mol. The molecule has 2 aromatic heterocycles. The molecule has 0 saturated carbocycles. The third-order valence-electron chi connectivity index (χ3n) is 4.92. The van der Waals surface area contributed by atoms with E-state index in [9.17, 15) is 10.1 Å². The van der Waals surface area contributed by atoms with Gasteiger partial charge in [-0.05, 0) is 32.9 Å². The quantitative estimate of drug-likeness (QED) is 0.386. The first-order valence-corrected chi connectivity index (χ1v) is 9.02. The number of non-ortho nitro benzene ring substituents is 1. The van der Waals surface area contributed by atoms with Crippen LogP contribution < -0.4 is 0 Å². The summed E-state index contributed by atoms with van der Waals surface area (Å²) >= 11 is 0. The number of rotatable bonds is 4. The molecule has 0 spiro atoms. The van der Waals surface area contributed by atoms with Crippen LogP contribution in [-0.2, 0) is 0 Å². The van der Waals surface area contributed by atoms with E-state index in [0.29, 0.717) is 0 Å². The highest BCUT2D eigenvalue weighted by Crippen LogP contribution is 2.31. The summed E-state index contributed by atoms with van der Waals surface area (Å²) in [5.41, 5.74) is 6.78. The molecule has 0 radical (unpaired) electrons. The van der Waals surface area contributed by atoms with Crippen LogP contribution in [0.4, 0.5) is 5.69 Å². The van der Waals surface area contributed by atoms with E-state index in [1.54, 1.807) is 12.1 Å². The lowest BCUT2D eigenvalue weighted by Gasteiger charge is -2.09. The van der Waals surface area contributed by atoms with E-state index in [2.05, 4.69) is 11.1 Å². The number of aromatic nitrogens is 3. The Morgan fingerprint density at radius 1 is 1.00 bits per heavy atom. The van der Waals surface area contributed by atoms with Crippen molar-refractivity contribution in [1.29, 1.82) is 0 Å². The Hall–Kier alpha value is -3.67. The first-order chi connectivity index (χ1) is 13.5. The average Bonchev–Trinajstić information content (AvgIpc) is 3.21. The van der Waals surface area contributed by atoms with Gasteiger partial charge in [-0.3, -0.25) is 10.1 Å². The number of aromatic amines is 1.